The Kier molecular flexibility index (Phi) is 3.24. The zero-order chi connectivity index (χ0) is 10.7. The van der Waals surface area contributed by atoms with Crippen molar-refractivity contribution in [3.63, 3.8) is 0 Å². The molecule has 0 amide bonds. The molecule has 1 aromatic rings. The molecule has 5 heteroatoms. The van der Waals surface area contributed by atoms with Gasteiger partial charge in [0.05, 0.1) is 13.2 Å². The molecule has 0 aliphatic heterocycles. The summed E-state index contributed by atoms with van der Waals surface area (Å²) in [6.07, 6.45) is 1.25. The predicted octanol–water partition coefficient (Wildman–Crippen LogP) is 1.12. The summed E-state index contributed by atoms with van der Waals surface area (Å²) >= 11 is 0. The molecule has 2 N–H and O–H groups in total. The number of carbonyl (C=O) groups excluding carboxylic acids is 1. The van der Waals surface area contributed by atoms with Crippen molar-refractivity contribution in [2.24, 2.45) is 11.7 Å². The van der Waals surface area contributed by atoms with Crippen LogP contribution in [0.25, 0.3) is 0 Å². The topological polar surface area (TPSA) is 78.3 Å². The van der Waals surface area contributed by atoms with Gasteiger partial charge in [-0.2, -0.15) is 0 Å². The SMILES string of the molecule is COC(=O)c1coc([C@@H](N)C(C)C)n1. The Hall–Kier alpha value is -1.36. The minimum Gasteiger partial charge on any atom is -0.464 e. The zero-order valence-electron chi connectivity index (χ0n) is 8.48. The van der Waals surface area contributed by atoms with Crippen LogP contribution in [0.4, 0.5) is 0 Å². The summed E-state index contributed by atoms with van der Waals surface area (Å²) in [6.45, 7) is 3.90. The van der Waals surface area contributed by atoms with Crippen molar-refractivity contribution in [2.45, 2.75) is 19.9 Å². The van der Waals surface area contributed by atoms with E-state index >= 15 is 0 Å². The zero-order valence-corrected chi connectivity index (χ0v) is 8.48. The van der Waals surface area contributed by atoms with Crippen molar-refractivity contribution in [3.8, 4) is 0 Å². The number of methoxy groups -OCH3 is 1. The quantitative estimate of drug-likeness (QED) is 0.736. The first-order valence-corrected chi connectivity index (χ1v) is 4.35. The Balaban J connectivity index is 2.82. The summed E-state index contributed by atoms with van der Waals surface area (Å²) in [5.41, 5.74) is 5.94. The van der Waals surface area contributed by atoms with Gasteiger partial charge in [-0.1, -0.05) is 13.8 Å². The minimum atomic E-state index is -0.518. The molecule has 1 atom stereocenters. The highest BCUT2D eigenvalue weighted by molar-refractivity contribution is 5.86. The minimum absolute atomic E-state index is 0.151. The molecule has 0 unspecified atom stereocenters. The fraction of sp³-hybridized carbons (Fsp3) is 0.556. The smallest absolute Gasteiger partial charge is 0.360 e. The van der Waals surface area contributed by atoms with Gasteiger partial charge in [0, 0.05) is 0 Å². The molecule has 0 saturated heterocycles. The molecule has 78 valence electrons. The largest absolute Gasteiger partial charge is 0.464 e. The van der Waals surface area contributed by atoms with Gasteiger partial charge < -0.3 is 14.9 Å². The third-order valence-electron chi connectivity index (χ3n) is 1.92. The molecular formula is C9H14N2O3. The highest BCUT2D eigenvalue weighted by Gasteiger charge is 2.19. The predicted molar refractivity (Wildman–Crippen MR) is 49.6 cm³/mol. The first kappa shape index (κ1) is 10.7. The van der Waals surface area contributed by atoms with Crippen LogP contribution in [0.2, 0.25) is 0 Å². The van der Waals surface area contributed by atoms with E-state index in [4.69, 9.17) is 10.2 Å². The Labute approximate surface area is 82.2 Å². The van der Waals surface area contributed by atoms with E-state index in [1.54, 1.807) is 0 Å². The molecule has 0 bridgehead atoms. The Morgan fingerprint density at radius 2 is 2.29 bits per heavy atom. The fourth-order valence-corrected chi connectivity index (χ4v) is 0.924. The van der Waals surface area contributed by atoms with Gasteiger partial charge >= 0.3 is 5.97 Å². The van der Waals surface area contributed by atoms with Crippen LogP contribution in [0.5, 0.6) is 0 Å². The number of hydrogen-bond donors (Lipinski definition) is 1. The van der Waals surface area contributed by atoms with Crippen LogP contribution >= 0.6 is 0 Å². The second-order valence-corrected chi connectivity index (χ2v) is 3.33. The normalized spacial score (nSPS) is 12.9. The number of rotatable bonds is 3. The monoisotopic (exact) mass is 198 g/mol. The van der Waals surface area contributed by atoms with E-state index in [0.29, 0.717) is 5.89 Å². The van der Waals surface area contributed by atoms with Crippen LogP contribution in [0.15, 0.2) is 10.7 Å². The average molecular weight is 198 g/mol. The highest BCUT2D eigenvalue weighted by atomic mass is 16.5. The summed E-state index contributed by atoms with van der Waals surface area (Å²) in [4.78, 5) is 15.0. The maximum atomic E-state index is 11.0. The number of carbonyl (C=O) groups is 1. The maximum Gasteiger partial charge on any atom is 0.360 e. The van der Waals surface area contributed by atoms with E-state index in [1.807, 2.05) is 13.8 Å². The molecular weight excluding hydrogens is 184 g/mol. The fourth-order valence-electron chi connectivity index (χ4n) is 0.924. The number of ether oxygens (including phenoxy) is 1. The third kappa shape index (κ3) is 2.11. The first-order valence-electron chi connectivity index (χ1n) is 4.35. The second-order valence-electron chi connectivity index (χ2n) is 3.33. The van der Waals surface area contributed by atoms with Gasteiger partial charge in [0.15, 0.2) is 5.69 Å². The average Bonchev–Trinajstić information content (AvgIpc) is 2.64. The lowest BCUT2D eigenvalue weighted by atomic mass is 10.1. The van der Waals surface area contributed by atoms with Gasteiger partial charge in [0.2, 0.25) is 5.89 Å². The molecule has 0 radical (unpaired) electrons. The van der Waals surface area contributed by atoms with E-state index in [2.05, 4.69) is 9.72 Å². The molecule has 5 nitrogen and oxygen atoms in total. The Morgan fingerprint density at radius 3 is 2.79 bits per heavy atom. The van der Waals surface area contributed by atoms with E-state index in [1.165, 1.54) is 13.4 Å². The molecule has 0 spiro atoms. The van der Waals surface area contributed by atoms with Crippen LogP contribution in [0.1, 0.15) is 36.3 Å². The van der Waals surface area contributed by atoms with Crippen molar-refractivity contribution in [2.75, 3.05) is 7.11 Å². The lowest BCUT2D eigenvalue weighted by Crippen LogP contribution is -2.17. The molecule has 1 aromatic heterocycles. The van der Waals surface area contributed by atoms with Gasteiger partial charge in [-0.05, 0) is 5.92 Å². The van der Waals surface area contributed by atoms with Crippen molar-refractivity contribution >= 4 is 5.97 Å². The van der Waals surface area contributed by atoms with Gasteiger partial charge in [-0.15, -0.1) is 0 Å². The van der Waals surface area contributed by atoms with Crippen LogP contribution in [0, 0.1) is 5.92 Å². The summed E-state index contributed by atoms with van der Waals surface area (Å²) in [7, 11) is 1.29. The van der Waals surface area contributed by atoms with E-state index < -0.39 is 5.97 Å². The van der Waals surface area contributed by atoms with Gasteiger partial charge in [-0.3, -0.25) is 0 Å². The number of nitrogens with zero attached hydrogens (tertiary/aromatic N) is 1. The number of aromatic nitrogens is 1. The number of nitrogens with two attached hydrogens (primary N) is 1. The van der Waals surface area contributed by atoms with E-state index in [-0.39, 0.29) is 17.7 Å². The molecule has 0 aliphatic rings. The number of oxazole rings is 1. The van der Waals surface area contributed by atoms with Gasteiger partial charge in [0.25, 0.3) is 0 Å². The number of hydrogen-bond acceptors (Lipinski definition) is 5. The molecule has 14 heavy (non-hydrogen) atoms. The molecule has 0 saturated carbocycles. The van der Waals surface area contributed by atoms with E-state index in [0.717, 1.165) is 0 Å². The molecule has 1 heterocycles. The highest BCUT2D eigenvalue weighted by Crippen LogP contribution is 2.18. The van der Waals surface area contributed by atoms with Gasteiger partial charge in [-0.25, -0.2) is 9.78 Å². The molecule has 1 rings (SSSR count). The Bertz CT molecular complexity index is 320. The third-order valence-corrected chi connectivity index (χ3v) is 1.92. The van der Waals surface area contributed by atoms with Crippen molar-refractivity contribution < 1.29 is 13.9 Å². The van der Waals surface area contributed by atoms with Crippen LogP contribution in [0.3, 0.4) is 0 Å². The van der Waals surface area contributed by atoms with Crippen LogP contribution < -0.4 is 5.73 Å². The summed E-state index contributed by atoms with van der Waals surface area (Å²) < 4.78 is 9.56. The van der Waals surface area contributed by atoms with Crippen molar-refractivity contribution in [1.29, 1.82) is 0 Å². The van der Waals surface area contributed by atoms with Crippen molar-refractivity contribution in [3.05, 3.63) is 17.8 Å². The molecule has 0 fully saturated rings. The Morgan fingerprint density at radius 1 is 1.64 bits per heavy atom. The van der Waals surface area contributed by atoms with Crippen LogP contribution in [-0.2, 0) is 4.74 Å². The molecule has 0 aliphatic carbocycles. The van der Waals surface area contributed by atoms with Crippen molar-refractivity contribution in [1.82, 2.24) is 4.98 Å². The summed E-state index contributed by atoms with van der Waals surface area (Å²) in [5.74, 6) is 0.0514. The maximum absolute atomic E-state index is 11.0. The first-order chi connectivity index (χ1) is 6.56. The van der Waals surface area contributed by atoms with Gasteiger partial charge in [0.1, 0.15) is 6.26 Å². The summed E-state index contributed by atoms with van der Waals surface area (Å²) in [6, 6.07) is -0.298. The standard InChI is InChI=1S/C9H14N2O3/c1-5(2)7(10)8-11-6(4-14-8)9(12)13-3/h4-5,7H,10H2,1-3H3/t7-/m0/s1. The lowest BCUT2D eigenvalue weighted by molar-refractivity contribution is 0.0594. The number of esters is 1. The summed E-state index contributed by atoms with van der Waals surface area (Å²) in [5, 5.41) is 0. The molecule has 0 aromatic carbocycles. The van der Waals surface area contributed by atoms with Crippen LogP contribution in [-0.4, -0.2) is 18.1 Å². The second kappa shape index (κ2) is 4.23. The van der Waals surface area contributed by atoms with E-state index in [9.17, 15) is 4.79 Å². The lowest BCUT2D eigenvalue weighted by Gasteiger charge is -2.10.